The van der Waals surface area contributed by atoms with Crippen molar-refractivity contribution in [1.82, 2.24) is 10.2 Å². The molecule has 0 bridgehead atoms. The van der Waals surface area contributed by atoms with Gasteiger partial charge >= 0.3 is 0 Å². The second-order valence-corrected chi connectivity index (χ2v) is 5.12. The average molecular weight is 246 g/mol. The van der Waals surface area contributed by atoms with Gasteiger partial charge in [0.05, 0.1) is 0 Å². The van der Waals surface area contributed by atoms with Gasteiger partial charge in [-0.15, -0.1) is 0 Å². The second kappa shape index (κ2) is 4.71. The molecule has 3 rings (SSSR count). The minimum atomic E-state index is -1.02. The fourth-order valence-corrected chi connectivity index (χ4v) is 3.06. The Hall–Kier alpha value is -1.39. The van der Waals surface area contributed by atoms with Crippen molar-refractivity contribution in [1.29, 1.82) is 0 Å². The zero-order valence-electron chi connectivity index (χ0n) is 10.2. The molecule has 18 heavy (non-hydrogen) atoms. The van der Waals surface area contributed by atoms with Crippen molar-refractivity contribution in [3.63, 3.8) is 0 Å². The fourth-order valence-electron chi connectivity index (χ4n) is 3.06. The minimum absolute atomic E-state index is 0.155. The van der Waals surface area contributed by atoms with Gasteiger partial charge in [0.25, 0.3) is 5.91 Å². The quantitative estimate of drug-likeness (QED) is 0.801. The molecule has 2 aliphatic rings. The number of amides is 1. The number of hydrogen-bond acceptors (Lipinski definition) is 3. The van der Waals surface area contributed by atoms with Crippen LogP contribution in [-0.4, -0.2) is 41.6 Å². The smallest absolute Gasteiger partial charge is 0.256 e. The lowest BCUT2D eigenvalue weighted by Gasteiger charge is -2.26. The number of nitrogens with zero attached hydrogens (tertiary/aromatic N) is 1. The predicted molar refractivity (Wildman–Crippen MR) is 67.9 cm³/mol. The van der Waals surface area contributed by atoms with Gasteiger partial charge in [0.15, 0.2) is 6.10 Å². The maximum Gasteiger partial charge on any atom is 0.256 e. The Balaban J connectivity index is 1.75. The maximum atomic E-state index is 12.3. The highest BCUT2D eigenvalue weighted by Gasteiger charge is 2.41. The normalized spacial score (nSPS) is 28.2. The zero-order chi connectivity index (χ0) is 12.5. The van der Waals surface area contributed by atoms with Gasteiger partial charge in [-0.25, -0.2) is 0 Å². The molecule has 2 aliphatic heterocycles. The van der Waals surface area contributed by atoms with Crippen molar-refractivity contribution in [2.45, 2.75) is 18.6 Å². The Morgan fingerprint density at radius 2 is 2.11 bits per heavy atom. The Bertz CT molecular complexity index is 435. The number of fused-ring (bicyclic) bond motifs is 1. The SMILES string of the molecule is O=C(C(O)c1ccccc1)N1CC[C@@H]2CNC[C@@H]21. The summed E-state index contributed by atoms with van der Waals surface area (Å²) in [5.74, 6) is 0.411. The molecule has 4 nitrogen and oxygen atoms in total. The monoisotopic (exact) mass is 246 g/mol. The van der Waals surface area contributed by atoms with E-state index in [1.807, 2.05) is 23.1 Å². The first-order valence-electron chi connectivity index (χ1n) is 6.51. The lowest BCUT2D eigenvalue weighted by molar-refractivity contribution is -0.141. The Morgan fingerprint density at radius 1 is 1.33 bits per heavy atom. The molecule has 2 N–H and O–H groups in total. The molecule has 96 valence electrons. The first-order chi connectivity index (χ1) is 8.77. The van der Waals surface area contributed by atoms with E-state index >= 15 is 0 Å². The summed E-state index contributed by atoms with van der Waals surface area (Å²) in [7, 11) is 0. The van der Waals surface area contributed by atoms with Crippen LogP contribution in [0.2, 0.25) is 0 Å². The molecular formula is C14H18N2O2. The summed E-state index contributed by atoms with van der Waals surface area (Å²) in [6.07, 6.45) is 0.0239. The van der Waals surface area contributed by atoms with Crippen LogP contribution in [0.1, 0.15) is 18.1 Å². The van der Waals surface area contributed by atoms with Crippen molar-refractivity contribution in [2.24, 2.45) is 5.92 Å². The van der Waals surface area contributed by atoms with E-state index in [-0.39, 0.29) is 11.9 Å². The van der Waals surface area contributed by atoms with Crippen LogP contribution in [-0.2, 0) is 4.79 Å². The summed E-state index contributed by atoms with van der Waals surface area (Å²) in [5, 5.41) is 13.5. The molecule has 0 aromatic heterocycles. The topological polar surface area (TPSA) is 52.6 Å². The van der Waals surface area contributed by atoms with Crippen LogP contribution in [0, 0.1) is 5.92 Å². The molecule has 1 aromatic carbocycles. The first-order valence-corrected chi connectivity index (χ1v) is 6.51. The van der Waals surface area contributed by atoms with Gasteiger partial charge in [-0.05, 0) is 17.9 Å². The maximum absolute atomic E-state index is 12.3. The second-order valence-electron chi connectivity index (χ2n) is 5.12. The van der Waals surface area contributed by atoms with Crippen LogP contribution in [0.4, 0.5) is 0 Å². The van der Waals surface area contributed by atoms with Gasteiger partial charge < -0.3 is 15.3 Å². The van der Waals surface area contributed by atoms with Gasteiger partial charge in [-0.1, -0.05) is 30.3 Å². The van der Waals surface area contributed by atoms with E-state index < -0.39 is 6.10 Å². The van der Waals surface area contributed by atoms with Crippen molar-refractivity contribution in [2.75, 3.05) is 19.6 Å². The summed E-state index contributed by atoms with van der Waals surface area (Å²) in [6, 6.07) is 9.43. The highest BCUT2D eigenvalue weighted by atomic mass is 16.3. The van der Waals surface area contributed by atoms with E-state index in [0.717, 1.165) is 26.1 Å². The molecule has 1 amide bonds. The summed E-state index contributed by atoms with van der Waals surface area (Å²) in [6.45, 7) is 2.63. The van der Waals surface area contributed by atoms with Crippen molar-refractivity contribution in [3.8, 4) is 0 Å². The third-order valence-electron chi connectivity index (χ3n) is 4.08. The highest BCUT2D eigenvalue weighted by molar-refractivity contribution is 5.82. The number of aliphatic hydroxyl groups is 1. The van der Waals surface area contributed by atoms with Crippen LogP contribution in [0.15, 0.2) is 30.3 Å². The van der Waals surface area contributed by atoms with Crippen LogP contribution in [0.5, 0.6) is 0 Å². The lowest BCUT2D eigenvalue weighted by Crippen LogP contribution is -2.41. The van der Waals surface area contributed by atoms with Crippen LogP contribution >= 0.6 is 0 Å². The van der Waals surface area contributed by atoms with Crippen molar-refractivity contribution < 1.29 is 9.90 Å². The minimum Gasteiger partial charge on any atom is -0.378 e. The Kier molecular flexibility index (Phi) is 3.06. The van der Waals surface area contributed by atoms with Crippen LogP contribution < -0.4 is 5.32 Å². The van der Waals surface area contributed by atoms with Gasteiger partial charge in [0.2, 0.25) is 0 Å². The number of rotatable bonds is 2. The van der Waals surface area contributed by atoms with E-state index in [1.54, 1.807) is 12.1 Å². The Labute approximate surface area is 107 Å². The van der Waals surface area contributed by atoms with Crippen molar-refractivity contribution >= 4 is 5.91 Å². The number of likely N-dealkylation sites (tertiary alicyclic amines) is 1. The molecule has 3 atom stereocenters. The number of hydrogen-bond donors (Lipinski definition) is 2. The molecule has 1 aromatic rings. The number of benzene rings is 1. The number of carbonyl (C=O) groups excluding carboxylic acids is 1. The number of carbonyl (C=O) groups is 1. The molecule has 0 spiro atoms. The third kappa shape index (κ3) is 1.91. The van der Waals surface area contributed by atoms with Crippen LogP contribution in [0.3, 0.4) is 0 Å². The van der Waals surface area contributed by atoms with Gasteiger partial charge in [0.1, 0.15) is 0 Å². The highest BCUT2D eigenvalue weighted by Crippen LogP contribution is 2.29. The molecule has 0 radical (unpaired) electrons. The molecular weight excluding hydrogens is 228 g/mol. The number of nitrogens with one attached hydrogen (secondary N) is 1. The van der Waals surface area contributed by atoms with Gasteiger partial charge in [0, 0.05) is 25.7 Å². The summed E-state index contributed by atoms with van der Waals surface area (Å²) < 4.78 is 0. The molecule has 0 saturated carbocycles. The van der Waals surface area contributed by atoms with Crippen molar-refractivity contribution in [3.05, 3.63) is 35.9 Å². The van der Waals surface area contributed by atoms with E-state index in [2.05, 4.69) is 5.32 Å². The standard InChI is InChI=1S/C14H18N2O2/c17-13(10-4-2-1-3-5-10)14(18)16-7-6-11-8-15-9-12(11)16/h1-5,11-13,15,17H,6-9H2/t11-,12+,13?/m1/s1. The zero-order valence-corrected chi connectivity index (χ0v) is 10.2. The molecule has 2 saturated heterocycles. The predicted octanol–water partition coefficient (Wildman–Crippen LogP) is 0.540. The van der Waals surface area contributed by atoms with E-state index in [9.17, 15) is 9.90 Å². The summed E-state index contributed by atoms with van der Waals surface area (Å²) in [4.78, 5) is 14.2. The van der Waals surface area contributed by atoms with E-state index in [1.165, 1.54) is 0 Å². The van der Waals surface area contributed by atoms with E-state index in [0.29, 0.717) is 11.5 Å². The summed E-state index contributed by atoms with van der Waals surface area (Å²) >= 11 is 0. The average Bonchev–Trinajstić information content (AvgIpc) is 3.00. The fraction of sp³-hybridized carbons (Fsp3) is 0.500. The van der Waals surface area contributed by atoms with Crippen LogP contribution in [0.25, 0.3) is 0 Å². The third-order valence-corrected chi connectivity index (χ3v) is 4.08. The molecule has 1 unspecified atom stereocenters. The molecule has 0 aliphatic carbocycles. The molecule has 2 fully saturated rings. The van der Waals surface area contributed by atoms with Gasteiger partial charge in [-0.3, -0.25) is 4.79 Å². The molecule has 2 heterocycles. The lowest BCUT2D eigenvalue weighted by atomic mass is 10.0. The van der Waals surface area contributed by atoms with E-state index in [4.69, 9.17) is 0 Å². The number of aliphatic hydroxyl groups excluding tert-OH is 1. The first kappa shape index (κ1) is 11.7. The van der Waals surface area contributed by atoms with Gasteiger partial charge in [-0.2, -0.15) is 0 Å². The Morgan fingerprint density at radius 3 is 2.89 bits per heavy atom. The summed E-state index contributed by atoms with van der Waals surface area (Å²) in [5.41, 5.74) is 0.678. The molecule has 4 heteroatoms. The largest absolute Gasteiger partial charge is 0.378 e.